The van der Waals surface area contributed by atoms with Gasteiger partial charge in [-0.05, 0) is 145 Å². The van der Waals surface area contributed by atoms with Crippen LogP contribution in [0.25, 0.3) is 73.4 Å². The van der Waals surface area contributed by atoms with E-state index in [1.807, 2.05) is 60.3 Å². The van der Waals surface area contributed by atoms with Gasteiger partial charge in [0.2, 0.25) is 25.7 Å². The van der Waals surface area contributed by atoms with E-state index in [2.05, 4.69) is 17.3 Å². The second kappa shape index (κ2) is 27.1. The number of amides is 1. The van der Waals surface area contributed by atoms with E-state index < -0.39 is 56.1 Å². The first-order chi connectivity index (χ1) is 42.3. The van der Waals surface area contributed by atoms with E-state index in [9.17, 15) is 44.0 Å². The Bertz CT molecular complexity index is 4670. The Morgan fingerprint density at radius 1 is 0.711 bits per heavy atom. The molecule has 0 bridgehead atoms. The number of benzene rings is 6. The van der Waals surface area contributed by atoms with Gasteiger partial charge in [-0.2, -0.15) is 0 Å². The molecule has 4 heterocycles. The number of nitrogens with one attached hydrogen (secondary N) is 1. The average molecular weight is 1560 g/mol. The average Bonchev–Trinajstić information content (AvgIpc) is 1.69. The Hall–Kier alpha value is -7.63. The number of hydrogen-bond acceptors (Lipinski definition) is 11. The minimum atomic E-state index is -3.70. The first kappa shape index (κ1) is 66.8. The number of aryl methyl sites for hydroxylation is 1. The third kappa shape index (κ3) is 13.4. The molecule has 0 radical (unpaired) electrons. The van der Waals surface area contributed by atoms with Crippen molar-refractivity contribution in [3.05, 3.63) is 201 Å². The standard InChI is InChI=1S/C34H34F2N2O4S.C33H27F2N3O4S.HI.2O.Pt.H2/c1-5-31(39)33-27-18-26(22-13-14-37(2)29(17-22)23-15-21-7-6-8-28(36)25(21)16-23)30(38(3)43(4,40)41)19-32(27)42-34(33)20-9-11-24(35)12-10-20;1-36-33(39)31-26-17-25(21-12-13-37(2)28(16-21)22-14-20-6-5-7-27(35)24(20)15-22)29(38(3)43(4,40)41)18-30(26)42-32(31)19-8-10-23(34)11-9-19;;;;;/h6-12,16,18-19,22,29H,5,13-15,17H2,1-4H3;5-13,15-18H,14H2,1-4H3;1H;;;;1H. The second-order valence-electron chi connectivity index (χ2n) is 22.3. The summed E-state index contributed by atoms with van der Waals surface area (Å²) in [6.45, 7) is 2.54. The van der Waals surface area contributed by atoms with Gasteiger partial charge in [-0.15, -0.1) is 0 Å². The maximum atomic E-state index is 14.6. The Balaban J connectivity index is 0.000000220. The van der Waals surface area contributed by atoms with Crippen LogP contribution in [0.4, 0.5) is 28.9 Å². The number of likely N-dealkylation sites (tertiary alicyclic amines) is 1. The predicted molar refractivity (Wildman–Crippen MR) is 332 cm³/mol. The molecule has 90 heavy (non-hydrogen) atoms. The van der Waals surface area contributed by atoms with Crippen LogP contribution in [0.2, 0.25) is 0 Å². The summed E-state index contributed by atoms with van der Waals surface area (Å²) in [6.07, 6.45) is 10.9. The molecule has 0 saturated carbocycles. The molecule has 0 spiro atoms. The van der Waals surface area contributed by atoms with Gasteiger partial charge in [0, 0.05) is 110 Å². The number of likely N-dealkylation sites (N-methyl/N-ethyl adjacent to an activating group) is 1. The van der Waals surface area contributed by atoms with E-state index >= 15 is 0 Å². The van der Waals surface area contributed by atoms with Gasteiger partial charge in [0.05, 0.1) is 35.0 Å². The van der Waals surface area contributed by atoms with Gasteiger partial charge in [-0.1, -0.05) is 37.3 Å². The zero-order valence-electron chi connectivity index (χ0n) is 50.1. The van der Waals surface area contributed by atoms with E-state index in [0.29, 0.717) is 97.3 Å². The number of aromatic nitrogens is 1. The van der Waals surface area contributed by atoms with Crippen molar-refractivity contribution in [1.82, 2.24) is 10.2 Å². The fraction of sp³-hybridized carbons (Fsp3) is 0.239. The van der Waals surface area contributed by atoms with Gasteiger partial charge in [0.25, 0.3) is 5.91 Å². The number of piperidine rings is 1. The van der Waals surface area contributed by atoms with Crippen LogP contribution in [-0.4, -0.2) is 86.7 Å². The SMILES string of the molecule is CCC(=O)c1c(-c2ccc(F)cc2)oc2cc(N(C)S(C)(=O)=O)c(C3CCN(C)C(C4=Cc5c(F)cccc5C4)C3)cc12.CNC(=O)c1c(-c2ccc(F)cc2)oc2cc(N(C)S(C)(=O)=O)c(-c3cc[n+](C)c(C4=Cc5c(F)cccc5C4)c3)cc12.[HH].[I-].[O]=[Pt]=[O]. The molecular formula is C67H64F4IN5O10PtS2. The van der Waals surface area contributed by atoms with Crippen LogP contribution >= 0.6 is 0 Å². The van der Waals surface area contributed by atoms with Crippen LogP contribution in [0.15, 0.2) is 142 Å². The zero-order chi connectivity index (χ0) is 64.0. The van der Waals surface area contributed by atoms with Gasteiger partial charge in [0.1, 0.15) is 53.0 Å². The van der Waals surface area contributed by atoms with Gasteiger partial charge in [-0.25, -0.2) is 39.0 Å². The zero-order valence-corrected chi connectivity index (χ0v) is 56.1. The van der Waals surface area contributed by atoms with Gasteiger partial charge < -0.3 is 38.1 Å². The van der Waals surface area contributed by atoms with Crippen molar-refractivity contribution in [2.24, 2.45) is 7.05 Å². The molecule has 3 aliphatic rings. The first-order valence-electron chi connectivity index (χ1n) is 28.2. The first-order valence-corrected chi connectivity index (χ1v) is 33.8. The van der Waals surface area contributed by atoms with E-state index in [-0.39, 0.29) is 72.5 Å². The molecule has 1 amide bonds. The number of Topliss-reactive ketones (excluding diaryl/α,β-unsaturated/α-hetero) is 1. The number of furan rings is 2. The number of halogens is 5. The number of carbonyl (C=O) groups is 2. The molecule has 6 aromatic carbocycles. The van der Waals surface area contributed by atoms with Crippen molar-refractivity contribution in [1.29, 1.82) is 0 Å². The molecule has 2 atom stereocenters. The molecule has 2 aliphatic carbocycles. The molecule has 2 unspecified atom stereocenters. The molecular weight excluding hydrogens is 1500 g/mol. The molecule has 12 rings (SSSR count). The van der Waals surface area contributed by atoms with E-state index in [1.54, 1.807) is 49.4 Å². The van der Waals surface area contributed by atoms with E-state index in [1.165, 1.54) is 74.0 Å². The van der Waals surface area contributed by atoms with Crippen molar-refractivity contribution >= 4 is 82.8 Å². The van der Waals surface area contributed by atoms with Crippen molar-refractivity contribution in [2.75, 3.05) is 55.9 Å². The number of hydrogen-bond donors (Lipinski definition) is 1. The summed E-state index contributed by atoms with van der Waals surface area (Å²) in [7, 11) is 1.10. The maximum absolute atomic E-state index is 14.6. The Kier molecular flexibility index (Phi) is 20.1. The molecule has 23 heteroatoms. The summed E-state index contributed by atoms with van der Waals surface area (Å²) in [4.78, 5) is 28.8. The number of nitrogens with zero attached hydrogens (tertiary/aromatic N) is 4. The fourth-order valence-electron chi connectivity index (χ4n) is 12.1. The van der Waals surface area contributed by atoms with E-state index in [4.69, 9.17) is 15.6 Å². The molecule has 3 aromatic heterocycles. The summed E-state index contributed by atoms with van der Waals surface area (Å²) in [5.41, 5.74) is 11.2. The summed E-state index contributed by atoms with van der Waals surface area (Å²) in [6, 6.07) is 32.3. The molecule has 9 aromatic rings. The number of ketones is 1. The number of pyridine rings is 1. The van der Waals surface area contributed by atoms with Crippen LogP contribution < -0.4 is 42.5 Å². The predicted octanol–water partition coefficient (Wildman–Crippen LogP) is 9.92. The number of rotatable bonds is 13. The second-order valence-corrected chi connectivity index (χ2v) is 26.7. The van der Waals surface area contributed by atoms with Crippen LogP contribution in [0.3, 0.4) is 0 Å². The molecule has 474 valence electrons. The topological polar surface area (TPSA) is 188 Å². The number of sulfonamides is 2. The molecule has 1 fully saturated rings. The van der Waals surface area contributed by atoms with Crippen molar-refractivity contribution in [2.45, 2.75) is 51.0 Å². The molecule has 1 aliphatic heterocycles. The molecule has 1 N–H and O–H groups in total. The number of anilines is 2. The summed E-state index contributed by atoms with van der Waals surface area (Å²) < 4.78 is 141. The monoisotopic (exact) mass is 1560 g/mol. The van der Waals surface area contributed by atoms with E-state index in [0.717, 1.165) is 63.3 Å². The van der Waals surface area contributed by atoms with Gasteiger partial charge in [-0.3, -0.25) is 23.1 Å². The number of carbonyl (C=O) groups excluding carboxylic acids is 2. The van der Waals surface area contributed by atoms with Crippen LogP contribution in [0.1, 0.15) is 87.8 Å². The summed E-state index contributed by atoms with van der Waals surface area (Å²) >= 11 is -1.92. The normalized spacial score (nSPS) is 15.4. The van der Waals surface area contributed by atoms with Crippen molar-refractivity contribution in [3.63, 3.8) is 0 Å². The third-order valence-electron chi connectivity index (χ3n) is 16.8. The molecule has 1 saturated heterocycles. The van der Waals surface area contributed by atoms with Crippen LogP contribution in [-0.2, 0) is 65.2 Å². The fourth-order valence-corrected chi connectivity index (χ4v) is 13.1. The minimum absolute atomic E-state index is 0. The third-order valence-corrected chi connectivity index (χ3v) is 19.2. The Labute approximate surface area is 545 Å². The summed E-state index contributed by atoms with van der Waals surface area (Å²) in [5.74, 6) is -1.34. The Morgan fingerprint density at radius 2 is 1.23 bits per heavy atom. The molecule has 15 nitrogen and oxygen atoms in total. The summed E-state index contributed by atoms with van der Waals surface area (Å²) in [5, 5.41) is 3.72. The van der Waals surface area contributed by atoms with Gasteiger partial charge in [0.15, 0.2) is 12.0 Å². The van der Waals surface area contributed by atoms with Crippen molar-refractivity contribution in [3.8, 4) is 33.8 Å². The van der Waals surface area contributed by atoms with Crippen LogP contribution in [0, 0.1) is 23.3 Å². The number of allylic oxidation sites excluding steroid dienone is 1. The quantitative estimate of drug-likeness (QED) is 0.0501. The van der Waals surface area contributed by atoms with Gasteiger partial charge >= 0.3 is 25.3 Å². The van der Waals surface area contributed by atoms with Crippen LogP contribution in [0.5, 0.6) is 0 Å². The van der Waals surface area contributed by atoms with Crippen molar-refractivity contribution < 1.29 is 108 Å². The Morgan fingerprint density at radius 3 is 1.77 bits per heavy atom. The number of fused-ring (bicyclic) bond motifs is 4.